The van der Waals surface area contributed by atoms with Gasteiger partial charge in [-0.05, 0) is 38.9 Å². The Hall–Kier alpha value is -0.0800. The molecule has 0 fully saturated rings. The lowest BCUT2D eigenvalue weighted by Gasteiger charge is -2.20. The van der Waals surface area contributed by atoms with Crippen LogP contribution in [0.5, 0.6) is 0 Å². The van der Waals surface area contributed by atoms with E-state index < -0.39 is 0 Å². The Morgan fingerprint density at radius 3 is 2.25 bits per heavy atom. The highest BCUT2D eigenvalue weighted by atomic mass is 15.1. The van der Waals surface area contributed by atoms with Crippen LogP contribution in [0, 0.1) is 5.92 Å². The van der Waals surface area contributed by atoms with Crippen LogP contribution in [-0.2, 0) is 0 Å². The summed E-state index contributed by atoms with van der Waals surface area (Å²) in [5.74, 6) is 0.611. The smallest absolute Gasteiger partial charge is 0.00740 e. The second-order valence-electron chi connectivity index (χ2n) is 4.00. The summed E-state index contributed by atoms with van der Waals surface area (Å²) < 4.78 is 0. The lowest BCUT2D eigenvalue weighted by molar-refractivity contribution is 0.303. The van der Waals surface area contributed by atoms with Crippen molar-refractivity contribution in [3.63, 3.8) is 0 Å². The molecule has 12 heavy (non-hydrogen) atoms. The topological polar surface area (TPSA) is 29.3 Å². The molecule has 0 amide bonds. The summed E-state index contributed by atoms with van der Waals surface area (Å²) in [4.78, 5) is 2.35. The van der Waals surface area contributed by atoms with E-state index in [-0.39, 0.29) is 0 Å². The first-order valence-corrected chi connectivity index (χ1v) is 5.02. The van der Waals surface area contributed by atoms with Crippen molar-refractivity contribution in [1.82, 2.24) is 4.90 Å². The van der Waals surface area contributed by atoms with Crippen molar-refractivity contribution in [3.05, 3.63) is 0 Å². The highest BCUT2D eigenvalue weighted by Gasteiger charge is 2.07. The second kappa shape index (κ2) is 6.44. The first kappa shape index (κ1) is 11.9. The van der Waals surface area contributed by atoms with Gasteiger partial charge >= 0.3 is 0 Å². The molecule has 0 bridgehead atoms. The summed E-state index contributed by atoms with van der Waals surface area (Å²) >= 11 is 0. The molecule has 74 valence electrons. The molecule has 0 aliphatic carbocycles. The molecule has 0 spiro atoms. The number of hydrogen-bond donors (Lipinski definition) is 1. The molecule has 2 nitrogen and oxygen atoms in total. The maximum absolute atomic E-state index is 5.93. The van der Waals surface area contributed by atoms with Gasteiger partial charge in [-0.3, -0.25) is 0 Å². The molecule has 0 saturated carbocycles. The summed E-state index contributed by atoms with van der Waals surface area (Å²) in [5.41, 5.74) is 5.93. The average molecular weight is 172 g/mol. The SMILES string of the molecule is CCCN(C)CC[C@H](N)C(C)C. The minimum absolute atomic E-state index is 0.365. The van der Waals surface area contributed by atoms with Crippen molar-refractivity contribution in [2.45, 2.75) is 39.7 Å². The summed E-state index contributed by atoms with van der Waals surface area (Å²) in [6.45, 7) is 8.89. The van der Waals surface area contributed by atoms with E-state index in [1.165, 1.54) is 13.0 Å². The lowest BCUT2D eigenvalue weighted by Crippen LogP contribution is -2.32. The average Bonchev–Trinajstić information content (AvgIpc) is 2.00. The molecule has 0 aromatic rings. The fourth-order valence-corrected chi connectivity index (χ4v) is 1.20. The molecule has 0 radical (unpaired) electrons. The minimum Gasteiger partial charge on any atom is -0.327 e. The highest BCUT2D eigenvalue weighted by molar-refractivity contribution is 4.66. The molecule has 0 saturated heterocycles. The maximum atomic E-state index is 5.93. The Labute approximate surface area is 77.1 Å². The molecule has 2 heteroatoms. The van der Waals surface area contributed by atoms with Gasteiger partial charge in [-0.2, -0.15) is 0 Å². The third-order valence-electron chi connectivity index (χ3n) is 2.31. The van der Waals surface area contributed by atoms with Crippen LogP contribution in [0.15, 0.2) is 0 Å². The van der Waals surface area contributed by atoms with Crippen molar-refractivity contribution >= 4 is 0 Å². The van der Waals surface area contributed by atoms with E-state index in [1.807, 2.05) is 0 Å². The maximum Gasteiger partial charge on any atom is 0.00740 e. The number of nitrogens with two attached hydrogens (primary N) is 1. The van der Waals surface area contributed by atoms with Crippen LogP contribution >= 0.6 is 0 Å². The molecule has 0 rings (SSSR count). The van der Waals surface area contributed by atoms with Crippen LogP contribution < -0.4 is 5.73 Å². The van der Waals surface area contributed by atoms with Crippen LogP contribution in [0.25, 0.3) is 0 Å². The standard InChI is InChI=1S/C10H24N2/c1-5-7-12(4)8-6-10(11)9(2)3/h9-10H,5-8,11H2,1-4H3/t10-/m0/s1. The van der Waals surface area contributed by atoms with Gasteiger partial charge < -0.3 is 10.6 Å². The van der Waals surface area contributed by atoms with Gasteiger partial charge in [0.15, 0.2) is 0 Å². The van der Waals surface area contributed by atoms with Gasteiger partial charge in [0, 0.05) is 6.04 Å². The first-order chi connectivity index (χ1) is 5.57. The predicted octanol–water partition coefficient (Wildman–Crippen LogP) is 1.70. The molecule has 0 aromatic carbocycles. The Balaban J connectivity index is 3.40. The third-order valence-corrected chi connectivity index (χ3v) is 2.31. The zero-order valence-electron chi connectivity index (χ0n) is 9.01. The minimum atomic E-state index is 0.365. The van der Waals surface area contributed by atoms with E-state index in [9.17, 15) is 0 Å². The van der Waals surface area contributed by atoms with Crippen molar-refractivity contribution in [2.24, 2.45) is 11.7 Å². The monoisotopic (exact) mass is 172 g/mol. The summed E-state index contributed by atoms with van der Waals surface area (Å²) in [5, 5.41) is 0. The Morgan fingerprint density at radius 2 is 1.83 bits per heavy atom. The van der Waals surface area contributed by atoms with Gasteiger partial charge in [0.2, 0.25) is 0 Å². The van der Waals surface area contributed by atoms with E-state index in [4.69, 9.17) is 5.73 Å². The highest BCUT2D eigenvalue weighted by Crippen LogP contribution is 2.03. The van der Waals surface area contributed by atoms with Gasteiger partial charge in [-0.1, -0.05) is 20.8 Å². The summed E-state index contributed by atoms with van der Waals surface area (Å²) in [6.07, 6.45) is 2.35. The Kier molecular flexibility index (Phi) is 6.39. The molecular weight excluding hydrogens is 148 g/mol. The second-order valence-corrected chi connectivity index (χ2v) is 4.00. The van der Waals surface area contributed by atoms with E-state index >= 15 is 0 Å². The van der Waals surface area contributed by atoms with Crippen LogP contribution in [-0.4, -0.2) is 31.1 Å². The van der Waals surface area contributed by atoms with Crippen LogP contribution in [0.3, 0.4) is 0 Å². The van der Waals surface area contributed by atoms with Crippen molar-refractivity contribution in [2.75, 3.05) is 20.1 Å². The van der Waals surface area contributed by atoms with Gasteiger partial charge in [-0.25, -0.2) is 0 Å². The quantitative estimate of drug-likeness (QED) is 0.661. The largest absolute Gasteiger partial charge is 0.327 e. The van der Waals surface area contributed by atoms with Crippen LogP contribution in [0.4, 0.5) is 0 Å². The Morgan fingerprint density at radius 1 is 1.25 bits per heavy atom. The van der Waals surface area contributed by atoms with E-state index in [0.29, 0.717) is 12.0 Å². The predicted molar refractivity (Wildman–Crippen MR) is 55.2 cm³/mol. The van der Waals surface area contributed by atoms with Crippen LogP contribution in [0.2, 0.25) is 0 Å². The van der Waals surface area contributed by atoms with E-state index in [2.05, 4.69) is 32.7 Å². The number of nitrogens with zero attached hydrogens (tertiary/aromatic N) is 1. The van der Waals surface area contributed by atoms with Crippen LogP contribution in [0.1, 0.15) is 33.6 Å². The Bertz CT molecular complexity index is 102. The van der Waals surface area contributed by atoms with Gasteiger partial charge in [-0.15, -0.1) is 0 Å². The molecule has 1 atom stereocenters. The summed E-state index contributed by atoms with van der Waals surface area (Å²) in [7, 11) is 2.16. The molecule has 2 N–H and O–H groups in total. The van der Waals surface area contributed by atoms with E-state index in [1.54, 1.807) is 0 Å². The normalized spacial score (nSPS) is 14.2. The molecule has 0 heterocycles. The molecule has 0 aliphatic heterocycles. The van der Waals surface area contributed by atoms with Crippen molar-refractivity contribution < 1.29 is 0 Å². The summed E-state index contributed by atoms with van der Waals surface area (Å²) in [6, 6.07) is 0.365. The molecule has 0 unspecified atom stereocenters. The van der Waals surface area contributed by atoms with Gasteiger partial charge in [0.25, 0.3) is 0 Å². The molecular formula is C10H24N2. The third kappa shape index (κ3) is 5.56. The number of hydrogen-bond acceptors (Lipinski definition) is 2. The lowest BCUT2D eigenvalue weighted by atomic mass is 10.0. The van der Waals surface area contributed by atoms with E-state index in [0.717, 1.165) is 13.0 Å². The zero-order chi connectivity index (χ0) is 9.56. The number of rotatable bonds is 6. The zero-order valence-corrected chi connectivity index (χ0v) is 9.01. The first-order valence-electron chi connectivity index (χ1n) is 5.02. The van der Waals surface area contributed by atoms with Gasteiger partial charge in [0.1, 0.15) is 0 Å². The van der Waals surface area contributed by atoms with Crippen molar-refractivity contribution in [1.29, 1.82) is 0 Å². The molecule has 0 aliphatic rings. The molecule has 0 aromatic heterocycles. The van der Waals surface area contributed by atoms with Crippen molar-refractivity contribution in [3.8, 4) is 0 Å². The van der Waals surface area contributed by atoms with Gasteiger partial charge in [0.05, 0.1) is 0 Å². The fraction of sp³-hybridized carbons (Fsp3) is 1.00. The fourth-order valence-electron chi connectivity index (χ4n) is 1.20.